The van der Waals surface area contributed by atoms with Crippen molar-refractivity contribution in [1.82, 2.24) is 5.32 Å². The van der Waals surface area contributed by atoms with Gasteiger partial charge in [0.2, 0.25) is 0 Å². The van der Waals surface area contributed by atoms with E-state index in [-0.39, 0.29) is 10.6 Å². The highest BCUT2D eigenvalue weighted by Crippen LogP contribution is 2.24. The average Bonchev–Trinajstić information content (AvgIpc) is 2.81. The summed E-state index contributed by atoms with van der Waals surface area (Å²) in [5.74, 6) is 0. The van der Waals surface area contributed by atoms with Gasteiger partial charge in [-0.05, 0) is 46.6 Å². The van der Waals surface area contributed by atoms with Gasteiger partial charge in [-0.1, -0.05) is 15.9 Å². The van der Waals surface area contributed by atoms with Crippen molar-refractivity contribution >= 4 is 48.9 Å². The normalized spacial score (nSPS) is 10.7. The van der Waals surface area contributed by atoms with Crippen LogP contribution in [0.5, 0.6) is 0 Å². The number of nitrogens with zero attached hydrogens (tertiary/aromatic N) is 1. The molecule has 4 nitrogen and oxygen atoms in total. The Balaban J connectivity index is 1.89. The van der Waals surface area contributed by atoms with Gasteiger partial charge in [0, 0.05) is 34.1 Å². The smallest absolute Gasteiger partial charge is 0.275 e. The molecule has 0 fully saturated rings. The number of benzene rings is 1. The second-order valence-corrected chi connectivity index (χ2v) is 7.63. The standard InChI is InChI=1S/C13H12Br2N2O2S/c14-10-2-1-9(12(7-10)17(18)19)8-16-6-5-11-3-4-13(15)20-11/h1-4,7,16H,5-6,8H2. The summed E-state index contributed by atoms with van der Waals surface area (Å²) in [5.41, 5.74) is 0.844. The van der Waals surface area contributed by atoms with Crippen LogP contribution in [0, 0.1) is 10.1 Å². The fourth-order valence-electron chi connectivity index (χ4n) is 1.78. The Labute approximate surface area is 137 Å². The lowest BCUT2D eigenvalue weighted by Crippen LogP contribution is -2.17. The van der Waals surface area contributed by atoms with Gasteiger partial charge in [-0.15, -0.1) is 11.3 Å². The Morgan fingerprint density at radius 2 is 2.05 bits per heavy atom. The van der Waals surface area contributed by atoms with E-state index in [2.05, 4.69) is 43.2 Å². The lowest BCUT2D eigenvalue weighted by atomic mass is 10.2. The summed E-state index contributed by atoms with van der Waals surface area (Å²) >= 11 is 8.39. The van der Waals surface area contributed by atoms with Crippen LogP contribution in [0.3, 0.4) is 0 Å². The third-order valence-electron chi connectivity index (χ3n) is 2.74. The van der Waals surface area contributed by atoms with Crippen LogP contribution in [0.2, 0.25) is 0 Å². The minimum Gasteiger partial charge on any atom is -0.312 e. The van der Waals surface area contributed by atoms with Crippen LogP contribution in [0.1, 0.15) is 10.4 Å². The molecule has 0 saturated carbocycles. The molecule has 1 N–H and O–H groups in total. The average molecular weight is 420 g/mol. The van der Waals surface area contributed by atoms with Crippen molar-refractivity contribution in [3.8, 4) is 0 Å². The SMILES string of the molecule is O=[N+]([O-])c1cc(Br)ccc1CNCCc1ccc(Br)s1. The summed E-state index contributed by atoms with van der Waals surface area (Å²) in [6.45, 7) is 1.29. The molecule has 2 rings (SSSR count). The molecule has 20 heavy (non-hydrogen) atoms. The molecule has 7 heteroatoms. The fraction of sp³-hybridized carbons (Fsp3) is 0.231. The van der Waals surface area contributed by atoms with Crippen LogP contribution in [-0.4, -0.2) is 11.5 Å². The first-order chi connectivity index (χ1) is 9.56. The highest BCUT2D eigenvalue weighted by Gasteiger charge is 2.13. The number of hydrogen-bond acceptors (Lipinski definition) is 4. The minimum atomic E-state index is -0.349. The van der Waals surface area contributed by atoms with Crippen LogP contribution >= 0.6 is 43.2 Å². The minimum absolute atomic E-state index is 0.144. The van der Waals surface area contributed by atoms with Gasteiger partial charge in [-0.25, -0.2) is 0 Å². The second-order valence-electron chi connectivity index (χ2n) is 4.16. The highest BCUT2D eigenvalue weighted by molar-refractivity contribution is 9.11. The first-order valence-electron chi connectivity index (χ1n) is 5.94. The van der Waals surface area contributed by atoms with Gasteiger partial charge in [0.05, 0.1) is 8.71 Å². The molecule has 0 aliphatic heterocycles. The Morgan fingerprint density at radius 1 is 1.25 bits per heavy atom. The van der Waals surface area contributed by atoms with E-state index in [1.807, 2.05) is 12.1 Å². The number of thiophene rings is 1. The zero-order valence-electron chi connectivity index (χ0n) is 10.4. The van der Waals surface area contributed by atoms with Gasteiger partial charge in [0.25, 0.3) is 5.69 Å². The van der Waals surface area contributed by atoms with E-state index in [0.29, 0.717) is 12.1 Å². The molecule has 0 aliphatic carbocycles. The van der Waals surface area contributed by atoms with Crippen molar-refractivity contribution in [2.75, 3.05) is 6.54 Å². The highest BCUT2D eigenvalue weighted by atomic mass is 79.9. The second kappa shape index (κ2) is 7.31. The van der Waals surface area contributed by atoms with Crippen LogP contribution in [0.25, 0.3) is 0 Å². The first-order valence-corrected chi connectivity index (χ1v) is 8.34. The molecular formula is C13H12Br2N2O2S. The Bertz CT molecular complexity index is 616. The molecule has 1 heterocycles. The molecule has 0 unspecified atom stereocenters. The third-order valence-corrected chi connectivity index (χ3v) is 4.91. The molecular weight excluding hydrogens is 408 g/mol. The third kappa shape index (κ3) is 4.37. The summed E-state index contributed by atoms with van der Waals surface area (Å²) in [5, 5.41) is 14.2. The largest absolute Gasteiger partial charge is 0.312 e. The summed E-state index contributed by atoms with van der Waals surface area (Å²) in [7, 11) is 0. The van der Waals surface area contributed by atoms with Crippen molar-refractivity contribution in [1.29, 1.82) is 0 Å². The van der Waals surface area contributed by atoms with Gasteiger partial charge in [0.15, 0.2) is 0 Å². The van der Waals surface area contributed by atoms with Gasteiger partial charge < -0.3 is 5.32 Å². The van der Waals surface area contributed by atoms with E-state index >= 15 is 0 Å². The number of nitro benzene ring substituents is 1. The topological polar surface area (TPSA) is 55.2 Å². The Hall–Kier alpha value is -0.760. The summed E-state index contributed by atoms with van der Waals surface area (Å²) in [6.07, 6.45) is 0.917. The predicted molar refractivity (Wildman–Crippen MR) is 88.2 cm³/mol. The van der Waals surface area contributed by atoms with Crippen molar-refractivity contribution in [2.24, 2.45) is 0 Å². The van der Waals surface area contributed by atoms with Crippen molar-refractivity contribution in [3.63, 3.8) is 0 Å². The fourth-order valence-corrected chi connectivity index (χ4v) is 3.61. The van der Waals surface area contributed by atoms with E-state index in [1.54, 1.807) is 17.4 Å². The zero-order valence-corrected chi connectivity index (χ0v) is 14.4. The van der Waals surface area contributed by atoms with Gasteiger partial charge in [0.1, 0.15) is 0 Å². The molecule has 1 aromatic heterocycles. The van der Waals surface area contributed by atoms with E-state index < -0.39 is 0 Å². The quantitative estimate of drug-likeness (QED) is 0.425. The van der Waals surface area contributed by atoms with E-state index in [0.717, 1.165) is 21.2 Å². The molecule has 2 aromatic rings. The van der Waals surface area contributed by atoms with Crippen LogP contribution in [-0.2, 0) is 13.0 Å². The lowest BCUT2D eigenvalue weighted by Gasteiger charge is -2.05. The van der Waals surface area contributed by atoms with Gasteiger partial charge in [-0.2, -0.15) is 0 Å². The molecule has 0 radical (unpaired) electrons. The van der Waals surface area contributed by atoms with E-state index in [9.17, 15) is 10.1 Å². The van der Waals surface area contributed by atoms with Crippen LogP contribution in [0.15, 0.2) is 38.6 Å². The van der Waals surface area contributed by atoms with Crippen LogP contribution in [0.4, 0.5) is 5.69 Å². The van der Waals surface area contributed by atoms with E-state index in [4.69, 9.17) is 0 Å². The lowest BCUT2D eigenvalue weighted by molar-refractivity contribution is -0.385. The maximum Gasteiger partial charge on any atom is 0.275 e. The Morgan fingerprint density at radius 3 is 2.70 bits per heavy atom. The molecule has 0 atom stereocenters. The number of hydrogen-bond donors (Lipinski definition) is 1. The molecule has 0 aliphatic rings. The monoisotopic (exact) mass is 418 g/mol. The zero-order chi connectivity index (χ0) is 14.5. The molecule has 0 spiro atoms. The molecule has 1 aromatic carbocycles. The van der Waals surface area contributed by atoms with Crippen molar-refractivity contribution in [3.05, 3.63) is 59.1 Å². The van der Waals surface area contributed by atoms with Crippen LogP contribution < -0.4 is 5.32 Å². The summed E-state index contributed by atoms with van der Waals surface area (Å²) < 4.78 is 1.84. The number of nitrogens with one attached hydrogen (secondary N) is 1. The molecule has 106 valence electrons. The van der Waals surface area contributed by atoms with Gasteiger partial charge in [-0.3, -0.25) is 10.1 Å². The number of nitro groups is 1. The molecule has 0 amide bonds. The summed E-state index contributed by atoms with van der Waals surface area (Å²) in [4.78, 5) is 11.9. The first kappa shape index (κ1) is 15.6. The number of halogens is 2. The van der Waals surface area contributed by atoms with Gasteiger partial charge >= 0.3 is 0 Å². The number of rotatable bonds is 6. The maximum absolute atomic E-state index is 11.0. The predicted octanol–water partition coefficient (Wildman–Crippen LogP) is 4.51. The van der Waals surface area contributed by atoms with E-state index in [1.165, 1.54) is 10.9 Å². The summed E-state index contributed by atoms with van der Waals surface area (Å²) in [6, 6.07) is 9.24. The van der Waals surface area contributed by atoms with Crippen molar-refractivity contribution in [2.45, 2.75) is 13.0 Å². The van der Waals surface area contributed by atoms with Crippen molar-refractivity contribution < 1.29 is 4.92 Å². The Kier molecular flexibility index (Phi) is 5.71. The molecule has 0 saturated heterocycles. The molecule has 0 bridgehead atoms. The maximum atomic E-state index is 11.0.